The molecule has 0 aliphatic carbocycles. The zero-order chi connectivity index (χ0) is 9.71. The highest BCUT2D eigenvalue weighted by Crippen LogP contribution is 2.31. The predicted octanol–water partition coefficient (Wildman–Crippen LogP) is 3.01. The maximum absolute atomic E-state index is 4.04. The van der Waals surface area contributed by atoms with Crippen molar-refractivity contribution in [2.24, 2.45) is 0 Å². The van der Waals surface area contributed by atoms with Crippen LogP contribution < -0.4 is 0 Å². The van der Waals surface area contributed by atoms with Crippen LogP contribution in [0.15, 0.2) is 22.9 Å². The SMILES string of the molecule is Cc1cc(Br)c2c(c1)sc1nncn12. The number of aryl methyl sites for hydroxylation is 1. The Morgan fingerprint density at radius 3 is 3.14 bits per heavy atom. The lowest BCUT2D eigenvalue weighted by atomic mass is 10.2. The van der Waals surface area contributed by atoms with E-state index in [0.29, 0.717) is 0 Å². The molecule has 5 heteroatoms. The van der Waals surface area contributed by atoms with Gasteiger partial charge >= 0.3 is 0 Å². The van der Waals surface area contributed by atoms with Gasteiger partial charge in [-0.25, -0.2) is 0 Å². The van der Waals surface area contributed by atoms with Crippen LogP contribution in [0.1, 0.15) is 5.56 Å². The van der Waals surface area contributed by atoms with Gasteiger partial charge in [0.05, 0.1) is 10.2 Å². The van der Waals surface area contributed by atoms with E-state index in [2.05, 4.69) is 45.2 Å². The van der Waals surface area contributed by atoms with Crippen molar-refractivity contribution in [3.8, 4) is 0 Å². The zero-order valence-corrected chi connectivity index (χ0v) is 9.76. The Kier molecular flexibility index (Phi) is 1.66. The van der Waals surface area contributed by atoms with Gasteiger partial charge in [0.2, 0.25) is 4.96 Å². The highest BCUT2D eigenvalue weighted by atomic mass is 79.9. The first-order valence-electron chi connectivity index (χ1n) is 4.14. The smallest absolute Gasteiger partial charge is 0.217 e. The van der Waals surface area contributed by atoms with Crippen molar-refractivity contribution in [2.75, 3.05) is 0 Å². The molecule has 70 valence electrons. The fourth-order valence-electron chi connectivity index (χ4n) is 1.56. The van der Waals surface area contributed by atoms with Crippen LogP contribution in [0.5, 0.6) is 0 Å². The van der Waals surface area contributed by atoms with Crippen LogP contribution >= 0.6 is 27.3 Å². The number of thiazole rings is 1. The number of nitrogens with zero attached hydrogens (tertiary/aromatic N) is 3. The molecule has 14 heavy (non-hydrogen) atoms. The number of hydrogen-bond acceptors (Lipinski definition) is 3. The van der Waals surface area contributed by atoms with Gasteiger partial charge in [-0.2, -0.15) is 0 Å². The van der Waals surface area contributed by atoms with E-state index in [0.717, 1.165) is 15.0 Å². The normalized spacial score (nSPS) is 11.6. The van der Waals surface area contributed by atoms with E-state index >= 15 is 0 Å². The highest BCUT2D eigenvalue weighted by Gasteiger charge is 2.09. The van der Waals surface area contributed by atoms with E-state index in [1.807, 2.05) is 4.40 Å². The minimum atomic E-state index is 0.936. The molecule has 0 amide bonds. The Balaban J connectivity index is 2.62. The molecule has 2 aromatic heterocycles. The van der Waals surface area contributed by atoms with Gasteiger partial charge in [-0.3, -0.25) is 4.40 Å². The number of rotatable bonds is 0. The van der Waals surface area contributed by atoms with E-state index in [-0.39, 0.29) is 0 Å². The number of halogens is 1. The molecule has 0 N–H and O–H groups in total. The zero-order valence-electron chi connectivity index (χ0n) is 7.36. The van der Waals surface area contributed by atoms with E-state index in [4.69, 9.17) is 0 Å². The second kappa shape index (κ2) is 2.77. The van der Waals surface area contributed by atoms with E-state index in [9.17, 15) is 0 Å². The fraction of sp³-hybridized carbons (Fsp3) is 0.111. The molecular weight excluding hydrogens is 262 g/mol. The monoisotopic (exact) mass is 267 g/mol. The van der Waals surface area contributed by atoms with Crippen LogP contribution in [0.25, 0.3) is 15.2 Å². The Hall–Kier alpha value is -0.940. The van der Waals surface area contributed by atoms with Gasteiger partial charge in [0, 0.05) is 4.47 Å². The Labute approximate surface area is 92.5 Å². The molecule has 0 atom stereocenters. The molecule has 3 nitrogen and oxygen atoms in total. The minimum absolute atomic E-state index is 0.936. The van der Waals surface area contributed by atoms with E-state index in [1.54, 1.807) is 17.7 Å². The Morgan fingerprint density at radius 2 is 2.29 bits per heavy atom. The van der Waals surface area contributed by atoms with Crippen LogP contribution in [0, 0.1) is 6.92 Å². The van der Waals surface area contributed by atoms with Gasteiger partial charge in [0.15, 0.2) is 0 Å². The van der Waals surface area contributed by atoms with Gasteiger partial charge in [-0.1, -0.05) is 11.3 Å². The van der Waals surface area contributed by atoms with Crippen molar-refractivity contribution in [1.29, 1.82) is 0 Å². The molecule has 1 aromatic carbocycles. The molecule has 3 rings (SSSR count). The van der Waals surface area contributed by atoms with Crippen molar-refractivity contribution < 1.29 is 0 Å². The summed E-state index contributed by atoms with van der Waals surface area (Å²) in [4.78, 5) is 0.936. The average molecular weight is 268 g/mol. The first-order chi connectivity index (χ1) is 6.75. The molecule has 0 fully saturated rings. The van der Waals surface area contributed by atoms with Crippen LogP contribution in [-0.4, -0.2) is 14.6 Å². The van der Waals surface area contributed by atoms with Gasteiger partial charge < -0.3 is 0 Å². The quantitative estimate of drug-likeness (QED) is 0.627. The predicted molar refractivity (Wildman–Crippen MR) is 60.8 cm³/mol. The first-order valence-corrected chi connectivity index (χ1v) is 5.75. The fourth-order valence-corrected chi connectivity index (χ4v) is 3.53. The topological polar surface area (TPSA) is 30.2 Å². The molecule has 0 unspecified atom stereocenters. The van der Waals surface area contributed by atoms with Gasteiger partial charge in [-0.05, 0) is 40.5 Å². The minimum Gasteiger partial charge on any atom is -0.271 e. The van der Waals surface area contributed by atoms with Gasteiger partial charge in [0.1, 0.15) is 6.33 Å². The molecule has 0 radical (unpaired) electrons. The molecule has 3 aromatic rings. The van der Waals surface area contributed by atoms with Crippen LogP contribution in [0.2, 0.25) is 0 Å². The average Bonchev–Trinajstić information content (AvgIpc) is 2.60. The summed E-state index contributed by atoms with van der Waals surface area (Å²) in [7, 11) is 0. The standard InChI is InChI=1S/C9H6BrN3S/c1-5-2-6(10)8-7(3-5)14-9-12-11-4-13(8)9/h2-4H,1H3. The second-order valence-electron chi connectivity index (χ2n) is 3.18. The lowest BCUT2D eigenvalue weighted by Crippen LogP contribution is -1.80. The van der Waals surface area contributed by atoms with Gasteiger partial charge in [-0.15, -0.1) is 10.2 Å². The highest BCUT2D eigenvalue weighted by molar-refractivity contribution is 9.10. The number of benzene rings is 1. The number of hydrogen-bond donors (Lipinski definition) is 0. The number of fused-ring (bicyclic) bond motifs is 3. The summed E-state index contributed by atoms with van der Waals surface area (Å²) in [6, 6.07) is 4.27. The summed E-state index contributed by atoms with van der Waals surface area (Å²) in [6.45, 7) is 2.09. The van der Waals surface area contributed by atoms with Crippen LogP contribution in [-0.2, 0) is 0 Å². The molecule has 0 bridgehead atoms. The third kappa shape index (κ3) is 1.02. The third-order valence-corrected chi connectivity index (χ3v) is 3.73. The van der Waals surface area contributed by atoms with Crippen molar-refractivity contribution in [3.05, 3.63) is 28.5 Å². The maximum Gasteiger partial charge on any atom is 0.217 e. The summed E-state index contributed by atoms with van der Waals surface area (Å²) in [5.41, 5.74) is 2.41. The maximum atomic E-state index is 4.04. The largest absolute Gasteiger partial charge is 0.271 e. The molecule has 2 heterocycles. The summed E-state index contributed by atoms with van der Waals surface area (Å²) < 4.78 is 4.34. The van der Waals surface area contributed by atoms with Gasteiger partial charge in [0.25, 0.3) is 0 Å². The summed E-state index contributed by atoms with van der Waals surface area (Å²) >= 11 is 5.22. The van der Waals surface area contributed by atoms with Crippen molar-refractivity contribution in [1.82, 2.24) is 14.6 Å². The molecule has 0 spiro atoms. The molecule has 0 aliphatic heterocycles. The first kappa shape index (κ1) is 8.38. The molecule has 0 aliphatic rings. The molecule has 0 saturated heterocycles. The number of aromatic nitrogens is 3. The van der Waals surface area contributed by atoms with Crippen molar-refractivity contribution in [2.45, 2.75) is 6.92 Å². The van der Waals surface area contributed by atoms with Crippen LogP contribution in [0.4, 0.5) is 0 Å². The van der Waals surface area contributed by atoms with E-state index in [1.165, 1.54) is 10.3 Å². The summed E-state index contributed by atoms with van der Waals surface area (Å²) in [5, 5.41) is 7.91. The van der Waals surface area contributed by atoms with Crippen LogP contribution in [0.3, 0.4) is 0 Å². The summed E-state index contributed by atoms with van der Waals surface area (Å²) in [6.07, 6.45) is 1.74. The third-order valence-electron chi connectivity index (χ3n) is 2.13. The lowest BCUT2D eigenvalue weighted by molar-refractivity contribution is 1.11. The second-order valence-corrected chi connectivity index (χ2v) is 5.04. The Bertz CT molecular complexity index is 625. The molecular formula is C9H6BrN3S. The molecule has 0 saturated carbocycles. The summed E-state index contributed by atoms with van der Waals surface area (Å²) in [5.74, 6) is 0. The van der Waals surface area contributed by atoms with Crippen molar-refractivity contribution in [3.63, 3.8) is 0 Å². The van der Waals surface area contributed by atoms with E-state index < -0.39 is 0 Å². The lowest BCUT2D eigenvalue weighted by Gasteiger charge is -1.97. The Morgan fingerprint density at radius 1 is 1.43 bits per heavy atom. The van der Waals surface area contributed by atoms with Crippen molar-refractivity contribution >= 4 is 42.4 Å².